The Bertz CT molecular complexity index is 1470. The number of carbonyl (C=O) groups excluding carboxylic acids is 2. The van der Waals surface area contributed by atoms with Crippen molar-refractivity contribution < 1.29 is 19.1 Å². The average molecular weight is 482 g/mol. The zero-order valence-electron chi connectivity index (χ0n) is 19.7. The number of ether oxygens (including phenoxy) is 2. The summed E-state index contributed by atoms with van der Waals surface area (Å²) in [5, 5.41) is 2.77. The maximum Gasteiger partial charge on any atom is 0.330 e. The molecule has 0 radical (unpaired) electrons. The number of hydrogen-bond acceptors (Lipinski definition) is 7. The van der Waals surface area contributed by atoms with Gasteiger partial charge in [-0.1, -0.05) is 19.4 Å². The van der Waals surface area contributed by atoms with Crippen molar-refractivity contribution in [2.24, 2.45) is 0 Å². The van der Waals surface area contributed by atoms with E-state index in [4.69, 9.17) is 9.47 Å². The molecule has 0 spiro atoms. The van der Waals surface area contributed by atoms with E-state index >= 15 is 0 Å². The van der Waals surface area contributed by atoms with E-state index in [9.17, 15) is 19.2 Å². The summed E-state index contributed by atoms with van der Waals surface area (Å²) in [6, 6.07) is 4.51. The van der Waals surface area contributed by atoms with Crippen molar-refractivity contribution >= 4 is 23.1 Å². The number of aromatic amines is 1. The Balaban J connectivity index is 1.53. The van der Waals surface area contributed by atoms with Crippen LogP contribution in [0, 0.1) is 0 Å². The molecule has 1 saturated heterocycles. The Labute approximate surface area is 199 Å². The molecule has 0 aliphatic carbocycles. The van der Waals surface area contributed by atoms with Gasteiger partial charge in [0.1, 0.15) is 11.4 Å². The summed E-state index contributed by atoms with van der Waals surface area (Å²) in [7, 11) is 0. The lowest BCUT2D eigenvalue weighted by atomic mass is 9.91. The van der Waals surface area contributed by atoms with Gasteiger partial charge in [-0.05, 0) is 38.0 Å². The van der Waals surface area contributed by atoms with Crippen LogP contribution in [0.4, 0.5) is 4.79 Å². The van der Waals surface area contributed by atoms with E-state index in [1.54, 1.807) is 29.7 Å². The molecule has 2 aliphatic heterocycles. The maximum atomic E-state index is 13.5. The highest BCUT2D eigenvalue weighted by molar-refractivity contribution is 6.07. The predicted molar refractivity (Wildman–Crippen MR) is 124 cm³/mol. The number of carbonyl (C=O) groups is 2. The quantitative estimate of drug-likeness (QED) is 0.485. The molecule has 2 N–H and O–H groups in total. The van der Waals surface area contributed by atoms with Gasteiger partial charge in [-0.15, -0.1) is 0 Å². The minimum Gasteiger partial charge on any atom is -0.454 e. The number of benzene rings is 1. The highest BCUT2D eigenvalue weighted by atomic mass is 16.7. The highest BCUT2D eigenvalue weighted by Crippen LogP contribution is 2.38. The molecule has 0 unspecified atom stereocenters. The second-order valence-electron chi connectivity index (χ2n) is 8.72. The molecule has 12 nitrogen and oxygen atoms in total. The molecule has 5 rings (SSSR count). The zero-order chi connectivity index (χ0) is 24.9. The van der Waals surface area contributed by atoms with Gasteiger partial charge in [-0.25, -0.2) is 14.6 Å². The van der Waals surface area contributed by atoms with E-state index in [1.807, 2.05) is 13.8 Å². The molecule has 0 saturated carbocycles. The standard InChI is InChI=1S/C23H26N6O6/c1-4-6-9-28-18-17(19(30)25-21(28)32)27(5-2)16(24-18)11-29-20(31)23(3,26-22(29)33)13-7-8-14-15(10-13)35-12-34-14/h7-8,10H,4-6,9,11-12H2,1-3H3,(H,26,33)(H,25,30,32)/t23-/m1/s1. The molecular formula is C23H26N6O6. The number of urea groups is 1. The number of nitrogens with one attached hydrogen (secondary N) is 2. The summed E-state index contributed by atoms with van der Waals surface area (Å²) in [4.78, 5) is 59.5. The number of aromatic nitrogens is 4. The average Bonchev–Trinajstić information content (AvgIpc) is 3.50. The molecule has 3 aromatic rings. The van der Waals surface area contributed by atoms with Crippen molar-refractivity contribution in [2.45, 2.75) is 58.8 Å². The molecule has 2 aromatic heterocycles. The third kappa shape index (κ3) is 3.47. The van der Waals surface area contributed by atoms with Crippen LogP contribution in [0.25, 0.3) is 11.2 Å². The summed E-state index contributed by atoms with van der Waals surface area (Å²) in [6.45, 7) is 6.15. The van der Waals surface area contributed by atoms with Gasteiger partial charge in [0, 0.05) is 13.1 Å². The van der Waals surface area contributed by atoms with E-state index in [-0.39, 0.29) is 24.5 Å². The number of unbranched alkanes of at least 4 members (excludes halogenated alkanes) is 1. The third-order valence-electron chi connectivity index (χ3n) is 6.54. The minimum absolute atomic E-state index is 0.0949. The Hall–Kier alpha value is -4.09. The third-order valence-corrected chi connectivity index (χ3v) is 6.54. The molecule has 184 valence electrons. The fraction of sp³-hybridized carbons (Fsp3) is 0.435. The molecular weight excluding hydrogens is 456 g/mol. The van der Waals surface area contributed by atoms with Crippen LogP contribution in [0.2, 0.25) is 0 Å². The second-order valence-corrected chi connectivity index (χ2v) is 8.72. The first kappa shape index (κ1) is 22.7. The summed E-state index contributed by atoms with van der Waals surface area (Å²) in [6.07, 6.45) is 1.59. The maximum absolute atomic E-state index is 13.5. The minimum atomic E-state index is -1.32. The van der Waals surface area contributed by atoms with E-state index in [2.05, 4.69) is 15.3 Å². The summed E-state index contributed by atoms with van der Waals surface area (Å²) in [5.41, 5.74) is -1.37. The monoisotopic (exact) mass is 482 g/mol. The van der Waals surface area contributed by atoms with E-state index in [0.717, 1.165) is 17.7 Å². The van der Waals surface area contributed by atoms with Crippen molar-refractivity contribution in [1.29, 1.82) is 0 Å². The van der Waals surface area contributed by atoms with Crippen LogP contribution in [-0.2, 0) is 30.0 Å². The fourth-order valence-corrected chi connectivity index (χ4v) is 4.59. The molecule has 1 fully saturated rings. The van der Waals surface area contributed by atoms with Gasteiger partial charge in [0.05, 0.1) is 6.54 Å². The van der Waals surface area contributed by atoms with Gasteiger partial charge in [-0.3, -0.25) is 24.0 Å². The second kappa shape index (κ2) is 8.29. The van der Waals surface area contributed by atoms with Gasteiger partial charge in [0.25, 0.3) is 11.5 Å². The first-order valence-corrected chi connectivity index (χ1v) is 11.5. The molecule has 12 heteroatoms. The fourth-order valence-electron chi connectivity index (χ4n) is 4.59. The molecule has 2 aliphatic rings. The number of aryl methyl sites for hydroxylation is 2. The first-order chi connectivity index (χ1) is 16.8. The number of hydrogen-bond donors (Lipinski definition) is 2. The SMILES string of the molecule is CCCCn1c(=O)[nH]c(=O)c2c1nc(CN1C(=O)N[C@](C)(c3ccc4c(c3)OCO4)C1=O)n2CC. The van der Waals surface area contributed by atoms with Crippen molar-refractivity contribution in [2.75, 3.05) is 6.79 Å². The van der Waals surface area contributed by atoms with Crippen LogP contribution in [-0.4, -0.2) is 42.7 Å². The molecule has 1 aromatic carbocycles. The Morgan fingerprint density at radius 1 is 1.09 bits per heavy atom. The number of imide groups is 1. The molecule has 0 bridgehead atoms. The molecule has 4 heterocycles. The predicted octanol–water partition coefficient (Wildman–Crippen LogP) is 1.40. The number of fused-ring (bicyclic) bond motifs is 2. The van der Waals surface area contributed by atoms with Crippen LogP contribution in [0.15, 0.2) is 27.8 Å². The van der Waals surface area contributed by atoms with Gasteiger partial charge in [0.2, 0.25) is 6.79 Å². The summed E-state index contributed by atoms with van der Waals surface area (Å²) in [5.74, 6) is 0.943. The van der Waals surface area contributed by atoms with Crippen LogP contribution in [0.1, 0.15) is 45.0 Å². The number of rotatable bonds is 7. The zero-order valence-corrected chi connectivity index (χ0v) is 19.7. The topological polar surface area (TPSA) is 141 Å². The Morgan fingerprint density at radius 3 is 2.60 bits per heavy atom. The largest absolute Gasteiger partial charge is 0.454 e. The molecule has 35 heavy (non-hydrogen) atoms. The summed E-state index contributed by atoms with van der Waals surface area (Å²) < 4.78 is 13.8. The van der Waals surface area contributed by atoms with E-state index in [0.29, 0.717) is 36.0 Å². The van der Waals surface area contributed by atoms with Crippen LogP contribution >= 0.6 is 0 Å². The molecule has 1 atom stereocenters. The van der Waals surface area contributed by atoms with Crippen molar-refractivity contribution in [1.82, 2.24) is 29.3 Å². The lowest BCUT2D eigenvalue weighted by Crippen LogP contribution is -2.40. The van der Waals surface area contributed by atoms with Crippen LogP contribution < -0.4 is 26.0 Å². The highest BCUT2D eigenvalue weighted by Gasteiger charge is 2.49. The van der Waals surface area contributed by atoms with Crippen molar-refractivity contribution in [3.8, 4) is 11.5 Å². The Morgan fingerprint density at radius 2 is 1.86 bits per heavy atom. The van der Waals surface area contributed by atoms with Crippen LogP contribution in [0.5, 0.6) is 11.5 Å². The first-order valence-electron chi connectivity index (χ1n) is 11.5. The van der Waals surface area contributed by atoms with Crippen molar-refractivity contribution in [3.63, 3.8) is 0 Å². The van der Waals surface area contributed by atoms with E-state index < -0.39 is 28.7 Å². The normalized spacial score (nSPS) is 19.1. The van der Waals surface area contributed by atoms with Gasteiger partial charge >= 0.3 is 11.7 Å². The Kier molecular flexibility index (Phi) is 5.37. The lowest BCUT2D eigenvalue weighted by molar-refractivity contribution is -0.131. The van der Waals surface area contributed by atoms with Gasteiger partial charge < -0.3 is 19.4 Å². The number of nitrogens with zero attached hydrogens (tertiary/aromatic N) is 4. The number of imidazole rings is 1. The van der Waals surface area contributed by atoms with Crippen LogP contribution in [0.3, 0.4) is 0 Å². The summed E-state index contributed by atoms with van der Waals surface area (Å²) >= 11 is 0. The van der Waals surface area contributed by atoms with E-state index in [1.165, 1.54) is 4.57 Å². The smallest absolute Gasteiger partial charge is 0.330 e. The number of amides is 3. The van der Waals surface area contributed by atoms with Gasteiger partial charge in [0.15, 0.2) is 22.7 Å². The number of H-pyrrole nitrogens is 1. The van der Waals surface area contributed by atoms with Crippen molar-refractivity contribution in [3.05, 3.63) is 50.4 Å². The van der Waals surface area contributed by atoms with Gasteiger partial charge in [-0.2, -0.15) is 0 Å². The molecule has 3 amide bonds. The lowest BCUT2D eigenvalue weighted by Gasteiger charge is -2.22.